The Bertz CT molecular complexity index is 750. The third-order valence-electron chi connectivity index (χ3n) is 3.63. The summed E-state index contributed by atoms with van der Waals surface area (Å²) in [5.74, 6) is -0.00626. The molecule has 8 heteroatoms. The number of nitrogens with two attached hydrogens (primary N) is 1. The number of sulfonamides is 1. The van der Waals surface area contributed by atoms with Gasteiger partial charge in [0.2, 0.25) is 0 Å². The number of ether oxygens (including phenoxy) is 1. The summed E-state index contributed by atoms with van der Waals surface area (Å²) < 4.78 is 34.8. The van der Waals surface area contributed by atoms with Crippen molar-refractivity contribution in [3.05, 3.63) is 24.4 Å². The van der Waals surface area contributed by atoms with Crippen LogP contribution in [0.5, 0.6) is 0 Å². The second kappa shape index (κ2) is 5.28. The highest BCUT2D eigenvalue weighted by molar-refractivity contribution is 7.89. The number of imidazole rings is 1. The molecule has 0 aliphatic carbocycles. The van der Waals surface area contributed by atoms with Crippen LogP contribution in [0.25, 0.3) is 5.65 Å². The molecule has 0 bridgehead atoms. The molecule has 2 aromatic rings. The van der Waals surface area contributed by atoms with Crippen LogP contribution in [-0.4, -0.2) is 36.6 Å². The SMILES string of the molecule is CC(NS(=O)(=O)c1c(N)nc2ccccn12)C1CCCO1. The first kappa shape index (κ1) is 14.3. The number of anilines is 1. The highest BCUT2D eigenvalue weighted by Gasteiger charge is 2.30. The minimum absolute atomic E-state index is 0.00626. The second-order valence-electron chi connectivity index (χ2n) is 5.19. The Kier molecular flexibility index (Phi) is 3.60. The zero-order valence-corrected chi connectivity index (χ0v) is 12.5. The van der Waals surface area contributed by atoms with Gasteiger partial charge in [0.25, 0.3) is 10.0 Å². The van der Waals surface area contributed by atoms with Crippen molar-refractivity contribution in [3.8, 4) is 0 Å². The van der Waals surface area contributed by atoms with Crippen LogP contribution in [0, 0.1) is 0 Å². The highest BCUT2D eigenvalue weighted by atomic mass is 32.2. The van der Waals surface area contributed by atoms with Crippen molar-refractivity contribution in [3.63, 3.8) is 0 Å². The fraction of sp³-hybridized carbons (Fsp3) is 0.462. The van der Waals surface area contributed by atoms with E-state index in [4.69, 9.17) is 10.5 Å². The maximum Gasteiger partial charge on any atom is 0.260 e. The fourth-order valence-corrected chi connectivity index (χ4v) is 4.12. The summed E-state index contributed by atoms with van der Waals surface area (Å²) >= 11 is 0. The Morgan fingerprint density at radius 3 is 3.05 bits per heavy atom. The molecule has 114 valence electrons. The first-order valence-electron chi connectivity index (χ1n) is 6.85. The van der Waals surface area contributed by atoms with Gasteiger partial charge in [0.05, 0.1) is 6.10 Å². The minimum atomic E-state index is -3.77. The molecule has 3 rings (SSSR count). The average Bonchev–Trinajstić information content (AvgIpc) is 3.04. The monoisotopic (exact) mass is 310 g/mol. The number of pyridine rings is 1. The summed E-state index contributed by atoms with van der Waals surface area (Å²) in [5.41, 5.74) is 6.29. The van der Waals surface area contributed by atoms with E-state index in [0.29, 0.717) is 12.3 Å². The number of nitrogens with one attached hydrogen (secondary N) is 1. The van der Waals surface area contributed by atoms with Crippen LogP contribution in [0.4, 0.5) is 5.82 Å². The number of nitrogen functional groups attached to an aromatic ring is 1. The summed E-state index contributed by atoms with van der Waals surface area (Å²) in [5, 5.41) is -0.0250. The fourth-order valence-electron chi connectivity index (χ4n) is 2.63. The van der Waals surface area contributed by atoms with Crippen LogP contribution in [0.15, 0.2) is 29.4 Å². The Morgan fingerprint density at radius 1 is 1.52 bits per heavy atom. The van der Waals surface area contributed by atoms with Crippen molar-refractivity contribution in [1.29, 1.82) is 0 Å². The van der Waals surface area contributed by atoms with E-state index >= 15 is 0 Å². The molecule has 0 radical (unpaired) electrons. The van der Waals surface area contributed by atoms with Gasteiger partial charge in [-0.05, 0) is 31.9 Å². The van der Waals surface area contributed by atoms with Crippen molar-refractivity contribution < 1.29 is 13.2 Å². The lowest BCUT2D eigenvalue weighted by atomic mass is 10.1. The summed E-state index contributed by atoms with van der Waals surface area (Å²) in [6.45, 7) is 2.47. The zero-order chi connectivity index (χ0) is 15.0. The molecule has 3 N–H and O–H groups in total. The van der Waals surface area contributed by atoms with Crippen molar-refractivity contribution in [1.82, 2.24) is 14.1 Å². The van der Waals surface area contributed by atoms with Crippen LogP contribution >= 0.6 is 0 Å². The number of nitrogens with zero attached hydrogens (tertiary/aromatic N) is 2. The van der Waals surface area contributed by atoms with Gasteiger partial charge in [0.1, 0.15) is 5.65 Å². The molecular weight excluding hydrogens is 292 g/mol. The van der Waals surface area contributed by atoms with Crippen molar-refractivity contribution in [2.45, 2.75) is 36.9 Å². The van der Waals surface area contributed by atoms with Gasteiger partial charge in [-0.3, -0.25) is 4.40 Å². The quantitative estimate of drug-likeness (QED) is 0.869. The molecule has 0 amide bonds. The third-order valence-corrected chi connectivity index (χ3v) is 5.23. The van der Waals surface area contributed by atoms with Gasteiger partial charge in [0, 0.05) is 18.8 Å². The molecule has 1 fully saturated rings. The van der Waals surface area contributed by atoms with E-state index in [1.807, 2.05) is 0 Å². The number of hydrogen-bond donors (Lipinski definition) is 2. The topological polar surface area (TPSA) is 98.7 Å². The van der Waals surface area contributed by atoms with Crippen molar-refractivity contribution in [2.75, 3.05) is 12.3 Å². The molecule has 2 aromatic heterocycles. The predicted molar refractivity (Wildman–Crippen MR) is 78.4 cm³/mol. The van der Waals surface area contributed by atoms with Gasteiger partial charge in [0.15, 0.2) is 10.8 Å². The number of aromatic nitrogens is 2. The Morgan fingerprint density at radius 2 is 2.33 bits per heavy atom. The molecule has 7 nitrogen and oxygen atoms in total. The van der Waals surface area contributed by atoms with Crippen LogP contribution < -0.4 is 10.5 Å². The molecule has 1 saturated heterocycles. The van der Waals surface area contributed by atoms with E-state index in [9.17, 15) is 8.42 Å². The van der Waals surface area contributed by atoms with E-state index < -0.39 is 10.0 Å². The molecule has 3 heterocycles. The number of rotatable bonds is 4. The van der Waals surface area contributed by atoms with E-state index in [1.165, 1.54) is 4.40 Å². The van der Waals surface area contributed by atoms with Gasteiger partial charge >= 0.3 is 0 Å². The Hall–Kier alpha value is -1.64. The van der Waals surface area contributed by atoms with Crippen LogP contribution in [-0.2, 0) is 14.8 Å². The molecule has 0 spiro atoms. The molecule has 1 aliphatic rings. The first-order valence-corrected chi connectivity index (χ1v) is 8.34. The standard InChI is InChI=1S/C13H18N4O3S/c1-9(10-5-4-8-20-10)16-21(18,19)13-12(14)15-11-6-2-3-7-17(11)13/h2-3,6-7,9-10,16H,4-5,8,14H2,1H3. The van der Waals surface area contributed by atoms with Gasteiger partial charge in [-0.2, -0.15) is 0 Å². The lowest BCUT2D eigenvalue weighted by Crippen LogP contribution is -2.41. The Labute approximate surface area is 123 Å². The zero-order valence-electron chi connectivity index (χ0n) is 11.7. The molecule has 2 atom stereocenters. The third kappa shape index (κ3) is 2.61. The van der Waals surface area contributed by atoms with E-state index in [2.05, 4.69) is 9.71 Å². The summed E-state index contributed by atoms with van der Waals surface area (Å²) in [7, 11) is -3.77. The Balaban J connectivity index is 1.94. The normalized spacial score (nSPS) is 20.9. The average molecular weight is 310 g/mol. The smallest absolute Gasteiger partial charge is 0.260 e. The maximum absolute atomic E-state index is 12.6. The number of fused-ring (bicyclic) bond motifs is 1. The van der Waals surface area contributed by atoms with Crippen molar-refractivity contribution in [2.24, 2.45) is 0 Å². The molecule has 0 aromatic carbocycles. The van der Waals surface area contributed by atoms with Crippen LogP contribution in [0.2, 0.25) is 0 Å². The predicted octanol–water partition coefficient (Wildman–Crippen LogP) is 0.762. The summed E-state index contributed by atoms with van der Waals surface area (Å²) in [4.78, 5) is 4.07. The van der Waals surface area contributed by atoms with Gasteiger partial charge in [-0.15, -0.1) is 0 Å². The molecular formula is C13H18N4O3S. The van der Waals surface area contributed by atoms with Crippen molar-refractivity contribution >= 4 is 21.5 Å². The molecule has 1 aliphatic heterocycles. The summed E-state index contributed by atoms with van der Waals surface area (Å²) in [6.07, 6.45) is 3.34. The number of hydrogen-bond acceptors (Lipinski definition) is 5. The largest absolute Gasteiger partial charge is 0.381 e. The maximum atomic E-state index is 12.6. The molecule has 21 heavy (non-hydrogen) atoms. The minimum Gasteiger partial charge on any atom is -0.381 e. The van der Waals surface area contributed by atoms with E-state index in [-0.39, 0.29) is 23.0 Å². The first-order chi connectivity index (χ1) is 9.99. The van der Waals surface area contributed by atoms with Gasteiger partial charge < -0.3 is 10.5 Å². The summed E-state index contributed by atoms with van der Waals surface area (Å²) in [6, 6.07) is 4.90. The van der Waals surface area contributed by atoms with Crippen LogP contribution in [0.1, 0.15) is 19.8 Å². The van der Waals surface area contributed by atoms with Gasteiger partial charge in [-0.1, -0.05) is 6.07 Å². The molecule has 0 saturated carbocycles. The lowest BCUT2D eigenvalue weighted by Gasteiger charge is -2.19. The van der Waals surface area contributed by atoms with E-state index in [0.717, 1.165) is 12.8 Å². The second-order valence-corrected chi connectivity index (χ2v) is 6.82. The molecule has 2 unspecified atom stereocenters. The highest BCUT2D eigenvalue weighted by Crippen LogP contribution is 2.22. The van der Waals surface area contributed by atoms with E-state index in [1.54, 1.807) is 31.3 Å². The van der Waals surface area contributed by atoms with Gasteiger partial charge in [-0.25, -0.2) is 18.1 Å². The van der Waals surface area contributed by atoms with Crippen LogP contribution in [0.3, 0.4) is 0 Å². The lowest BCUT2D eigenvalue weighted by molar-refractivity contribution is 0.0902.